The molecule has 0 aliphatic carbocycles. The van der Waals surface area contributed by atoms with E-state index in [0.717, 1.165) is 38.8 Å². The second kappa shape index (κ2) is 5.17. The van der Waals surface area contributed by atoms with Gasteiger partial charge in [-0.25, -0.2) is 4.98 Å². The Balaban J connectivity index is 2.06. The van der Waals surface area contributed by atoms with Crippen LogP contribution in [0.3, 0.4) is 0 Å². The summed E-state index contributed by atoms with van der Waals surface area (Å²) in [5.74, 6) is 0. The summed E-state index contributed by atoms with van der Waals surface area (Å²) in [6.45, 7) is 8.65. The van der Waals surface area contributed by atoms with Crippen molar-refractivity contribution in [1.29, 1.82) is 0 Å². The molecule has 120 valence electrons. The Kier molecular flexibility index (Phi) is 3.20. The Morgan fingerprint density at radius 2 is 1.83 bits per heavy atom. The molecule has 0 spiro atoms. The van der Waals surface area contributed by atoms with E-state index in [2.05, 4.69) is 50.0 Å². The van der Waals surface area contributed by atoms with Gasteiger partial charge in [0.1, 0.15) is 5.52 Å². The summed E-state index contributed by atoms with van der Waals surface area (Å²) >= 11 is 0. The summed E-state index contributed by atoms with van der Waals surface area (Å²) in [6.07, 6.45) is 3.61. The van der Waals surface area contributed by atoms with Crippen molar-refractivity contribution in [2.24, 2.45) is 0 Å². The first kappa shape index (κ1) is 14.9. The van der Waals surface area contributed by atoms with Gasteiger partial charge in [0.05, 0.1) is 12.0 Å². The van der Waals surface area contributed by atoms with Gasteiger partial charge < -0.3 is 4.42 Å². The van der Waals surface area contributed by atoms with E-state index in [1.807, 2.05) is 25.3 Å². The zero-order valence-electron chi connectivity index (χ0n) is 14.4. The minimum atomic E-state index is 0.0854. The molecule has 0 fully saturated rings. The van der Waals surface area contributed by atoms with Crippen LogP contribution in [0.25, 0.3) is 33.1 Å². The highest BCUT2D eigenvalue weighted by Crippen LogP contribution is 2.35. The fourth-order valence-corrected chi connectivity index (χ4v) is 3.06. The Labute approximate surface area is 141 Å². The summed E-state index contributed by atoms with van der Waals surface area (Å²) in [5.41, 5.74) is 6.14. The van der Waals surface area contributed by atoms with Crippen molar-refractivity contribution in [3.63, 3.8) is 0 Å². The van der Waals surface area contributed by atoms with Crippen LogP contribution in [0.4, 0.5) is 0 Å². The Morgan fingerprint density at radius 1 is 1.00 bits per heavy atom. The largest absolute Gasteiger partial charge is 0.462 e. The molecule has 0 aliphatic rings. The van der Waals surface area contributed by atoms with Crippen molar-refractivity contribution >= 4 is 21.9 Å². The molecule has 0 radical (unpaired) electrons. The van der Waals surface area contributed by atoms with E-state index in [0.29, 0.717) is 0 Å². The summed E-state index contributed by atoms with van der Waals surface area (Å²) in [4.78, 5) is 9.34. The molecule has 4 aromatic rings. The molecule has 3 heteroatoms. The summed E-state index contributed by atoms with van der Waals surface area (Å²) < 4.78 is 5.67. The molecule has 3 nitrogen and oxygen atoms in total. The smallest absolute Gasteiger partial charge is 0.160 e. The van der Waals surface area contributed by atoms with Crippen LogP contribution in [0.1, 0.15) is 32.0 Å². The maximum absolute atomic E-state index is 5.67. The maximum Gasteiger partial charge on any atom is 0.160 e. The molecule has 1 aromatic carbocycles. The molecule has 0 bridgehead atoms. The first-order valence-corrected chi connectivity index (χ1v) is 8.18. The van der Waals surface area contributed by atoms with Gasteiger partial charge in [-0.05, 0) is 48.2 Å². The first-order valence-electron chi connectivity index (χ1n) is 8.18. The summed E-state index contributed by atoms with van der Waals surface area (Å²) in [7, 11) is 0. The summed E-state index contributed by atoms with van der Waals surface area (Å²) in [6, 6.07) is 12.5. The highest BCUT2D eigenvalue weighted by Gasteiger charge is 2.17. The van der Waals surface area contributed by atoms with Gasteiger partial charge in [-0.3, -0.25) is 4.98 Å². The third-order valence-electron chi connectivity index (χ3n) is 4.44. The predicted octanol–water partition coefficient (Wildman–Crippen LogP) is 5.65. The Morgan fingerprint density at radius 3 is 2.62 bits per heavy atom. The van der Waals surface area contributed by atoms with E-state index in [1.54, 1.807) is 6.26 Å². The van der Waals surface area contributed by atoms with Gasteiger partial charge in [-0.15, -0.1) is 0 Å². The molecule has 0 saturated heterocycles. The van der Waals surface area contributed by atoms with Crippen LogP contribution in [0.2, 0.25) is 0 Å². The van der Waals surface area contributed by atoms with Gasteiger partial charge in [-0.2, -0.15) is 0 Å². The lowest BCUT2D eigenvalue weighted by Gasteiger charge is -2.19. The molecule has 24 heavy (non-hydrogen) atoms. The molecule has 0 N–H and O–H groups in total. The lowest BCUT2D eigenvalue weighted by Crippen LogP contribution is -2.11. The average molecular weight is 316 g/mol. The van der Waals surface area contributed by atoms with Crippen LogP contribution in [0, 0.1) is 6.92 Å². The average Bonchev–Trinajstić information content (AvgIpc) is 3.02. The third-order valence-corrected chi connectivity index (χ3v) is 4.44. The standard InChI is InChI=1S/C21H20N2O/c1-13-5-6-16-17(11-14-8-10-24-20(14)19(16)23-13)18-12-15(7-9-22-18)21(2,3)4/h5-12H,1-4H3. The zero-order chi connectivity index (χ0) is 16.9. The molecular formula is C21H20N2O. The lowest BCUT2D eigenvalue weighted by atomic mass is 9.86. The van der Waals surface area contributed by atoms with Crippen molar-refractivity contribution in [3.8, 4) is 11.3 Å². The topological polar surface area (TPSA) is 38.9 Å². The van der Waals surface area contributed by atoms with Crippen LogP contribution in [0.5, 0.6) is 0 Å². The third kappa shape index (κ3) is 2.37. The quantitative estimate of drug-likeness (QED) is 0.455. The highest BCUT2D eigenvalue weighted by atomic mass is 16.3. The fraction of sp³-hybridized carbons (Fsp3) is 0.238. The van der Waals surface area contributed by atoms with E-state index in [-0.39, 0.29) is 5.41 Å². The van der Waals surface area contributed by atoms with Crippen LogP contribution in [0.15, 0.2) is 53.3 Å². The number of hydrogen-bond donors (Lipinski definition) is 0. The van der Waals surface area contributed by atoms with Crippen LogP contribution >= 0.6 is 0 Å². The van der Waals surface area contributed by atoms with Crippen LogP contribution in [-0.2, 0) is 5.41 Å². The second-order valence-electron chi connectivity index (χ2n) is 7.29. The predicted molar refractivity (Wildman–Crippen MR) is 98.2 cm³/mol. The molecule has 4 rings (SSSR count). The van der Waals surface area contributed by atoms with Gasteiger partial charge in [0.25, 0.3) is 0 Å². The number of pyridine rings is 2. The molecule has 0 unspecified atom stereocenters. The number of fused-ring (bicyclic) bond motifs is 3. The number of furan rings is 1. The minimum absolute atomic E-state index is 0.0854. The van der Waals surface area contributed by atoms with E-state index in [4.69, 9.17) is 9.40 Å². The minimum Gasteiger partial charge on any atom is -0.462 e. The van der Waals surface area contributed by atoms with Crippen LogP contribution in [-0.4, -0.2) is 9.97 Å². The first-order chi connectivity index (χ1) is 11.4. The number of aromatic nitrogens is 2. The van der Waals surface area contributed by atoms with Crippen molar-refractivity contribution in [1.82, 2.24) is 9.97 Å². The number of benzene rings is 1. The van der Waals surface area contributed by atoms with E-state index in [9.17, 15) is 0 Å². The SMILES string of the molecule is Cc1ccc2c(-c3cc(C(C)(C)C)ccn3)cc3ccoc3c2n1. The highest BCUT2D eigenvalue weighted by molar-refractivity contribution is 6.09. The number of nitrogens with zero attached hydrogens (tertiary/aromatic N) is 2. The Hall–Kier alpha value is -2.68. The lowest BCUT2D eigenvalue weighted by molar-refractivity contribution is 0.589. The summed E-state index contributed by atoms with van der Waals surface area (Å²) in [5, 5.41) is 2.13. The molecule has 0 amide bonds. The monoisotopic (exact) mass is 316 g/mol. The van der Waals surface area contributed by atoms with Gasteiger partial charge in [0.2, 0.25) is 0 Å². The van der Waals surface area contributed by atoms with Gasteiger partial charge in [0, 0.05) is 28.2 Å². The maximum atomic E-state index is 5.67. The second-order valence-corrected chi connectivity index (χ2v) is 7.29. The van der Waals surface area contributed by atoms with Gasteiger partial charge in [0.15, 0.2) is 5.58 Å². The molecule has 0 aliphatic heterocycles. The molecular weight excluding hydrogens is 296 g/mol. The Bertz CT molecular complexity index is 1050. The van der Waals surface area contributed by atoms with Crippen molar-refractivity contribution < 1.29 is 4.42 Å². The van der Waals surface area contributed by atoms with Crippen molar-refractivity contribution in [2.75, 3.05) is 0 Å². The van der Waals surface area contributed by atoms with E-state index >= 15 is 0 Å². The molecule has 0 atom stereocenters. The van der Waals surface area contributed by atoms with Crippen molar-refractivity contribution in [3.05, 3.63) is 60.1 Å². The molecule has 0 saturated carbocycles. The molecule has 3 heterocycles. The van der Waals surface area contributed by atoms with Gasteiger partial charge in [-0.1, -0.05) is 26.8 Å². The van der Waals surface area contributed by atoms with Crippen molar-refractivity contribution in [2.45, 2.75) is 33.1 Å². The van der Waals surface area contributed by atoms with E-state index < -0.39 is 0 Å². The number of hydrogen-bond acceptors (Lipinski definition) is 3. The van der Waals surface area contributed by atoms with Gasteiger partial charge >= 0.3 is 0 Å². The fourth-order valence-electron chi connectivity index (χ4n) is 3.06. The number of aryl methyl sites for hydroxylation is 1. The number of rotatable bonds is 1. The normalized spacial score (nSPS) is 12.2. The molecule has 3 aromatic heterocycles. The van der Waals surface area contributed by atoms with Crippen LogP contribution < -0.4 is 0 Å². The van der Waals surface area contributed by atoms with E-state index in [1.165, 1.54) is 5.56 Å². The zero-order valence-corrected chi connectivity index (χ0v) is 14.4.